The molecule has 3 amide bonds. The summed E-state index contributed by atoms with van der Waals surface area (Å²) >= 11 is 0. The Kier molecular flexibility index (Phi) is 5.65. The number of nitrogens with one attached hydrogen (secondary N) is 1. The van der Waals surface area contributed by atoms with Crippen molar-refractivity contribution in [3.8, 4) is 5.75 Å². The van der Waals surface area contributed by atoms with Gasteiger partial charge < -0.3 is 15.0 Å². The molecule has 0 aliphatic carbocycles. The SMILES string of the molecule is COc1ccc(C2(c3cccnc3)NC(=O)N(CC(C)CN(C)C)C2=O)cc1. The van der Waals surface area contributed by atoms with Gasteiger partial charge in [0.1, 0.15) is 5.75 Å². The summed E-state index contributed by atoms with van der Waals surface area (Å²) < 4.78 is 5.23. The van der Waals surface area contributed by atoms with Gasteiger partial charge in [-0.15, -0.1) is 0 Å². The average Bonchev–Trinajstić information content (AvgIpc) is 2.94. The lowest BCUT2D eigenvalue weighted by Gasteiger charge is -2.28. The van der Waals surface area contributed by atoms with Gasteiger partial charge in [-0.2, -0.15) is 0 Å². The van der Waals surface area contributed by atoms with Crippen LogP contribution in [-0.2, 0) is 10.3 Å². The molecule has 2 heterocycles. The standard InChI is InChI=1S/C21H26N4O3/c1-15(13-24(2)3)14-25-19(26)21(23-20(25)27,17-6-5-11-22-12-17)16-7-9-18(28-4)10-8-16/h5-12,15H,13-14H2,1-4H3,(H,23,27). The van der Waals surface area contributed by atoms with E-state index < -0.39 is 11.6 Å². The van der Waals surface area contributed by atoms with Crippen molar-refractivity contribution in [2.24, 2.45) is 5.92 Å². The van der Waals surface area contributed by atoms with Gasteiger partial charge in [0.15, 0.2) is 5.54 Å². The zero-order valence-electron chi connectivity index (χ0n) is 16.7. The van der Waals surface area contributed by atoms with E-state index >= 15 is 0 Å². The number of nitrogens with zero attached hydrogens (tertiary/aromatic N) is 3. The second kappa shape index (κ2) is 7.98. The second-order valence-electron chi connectivity index (χ2n) is 7.43. The van der Waals surface area contributed by atoms with Crippen molar-refractivity contribution in [1.82, 2.24) is 20.1 Å². The molecule has 1 fully saturated rings. The van der Waals surface area contributed by atoms with Crippen LogP contribution in [-0.4, -0.2) is 61.0 Å². The zero-order chi connectivity index (χ0) is 20.3. The summed E-state index contributed by atoms with van der Waals surface area (Å²) in [5.41, 5.74) is -0.00109. The van der Waals surface area contributed by atoms with Crippen molar-refractivity contribution in [2.75, 3.05) is 34.3 Å². The molecule has 0 saturated carbocycles. The highest BCUT2D eigenvalue weighted by Gasteiger charge is 2.54. The van der Waals surface area contributed by atoms with Crippen LogP contribution in [0.15, 0.2) is 48.8 Å². The number of urea groups is 1. The second-order valence-corrected chi connectivity index (χ2v) is 7.43. The molecule has 2 unspecified atom stereocenters. The third kappa shape index (κ3) is 3.57. The van der Waals surface area contributed by atoms with Crippen molar-refractivity contribution in [3.63, 3.8) is 0 Å². The number of methoxy groups -OCH3 is 1. The van der Waals surface area contributed by atoms with Crippen LogP contribution >= 0.6 is 0 Å². The fraction of sp³-hybridized carbons (Fsp3) is 0.381. The first-order valence-electron chi connectivity index (χ1n) is 9.22. The van der Waals surface area contributed by atoms with Crippen LogP contribution in [0.25, 0.3) is 0 Å². The Balaban J connectivity index is 2.03. The molecule has 3 rings (SSSR count). The quantitative estimate of drug-likeness (QED) is 0.742. The first-order chi connectivity index (χ1) is 13.4. The molecule has 1 saturated heterocycles. The molecule has 7 heteroatoms. The lowest BCUT2D eigenvalue weighted by molar-refractivity contribution is -0.130. The average molecular weight is 382 g/mol. The number of hydrogen-bond acceptors (Lipinski definition) is 5. The van der Waals surface area contributed by atoms with E-state index in [1.807, 2.05) is 32.0 Å². The van der Waals surface area contributed by atoms with Gasteiger partial charge >= 0.3 is 6.03 Å². The molecule has 1 aromatic carbocycles. The predicted molar refractivity (Wildman–Crippen MR) is 106 cm³/mol. The molecule has 2 atom stereocenters. The summed E-state index contributed by atoms with van der Waals surface area (Å²) in [6.45, 7) is 3.15. The van der Waals surface area contributed by atoms with E-state index in [9.17, 15) is 9.59 Å². The molecule has 148 valence electrons. The predicted octanol–water partition coefficient (Wildman–Crippen LogP) is 2.08. The highest BCUT2D eigenvalue weighted by atomic mass is 16.5. The molecule has 1 N–H and O–H groups in total. The van der Waals surface area contributed by atoms with E-state index in [1.54, 1.807) is 49.8 Å². The van der Waals surface area contributed by atoms with Gasteiger partial charge in [0, 0.05) is 31.0 Å². The van der Waals surface area contributed by atoms with Gasteiger partial charge in [0.25, 0.3) is 5.91 Å². The Hall–Kier alpha value is -2.93. The maximum atomic E-state index is 13.6. The fourth-order valence-corrected chi connectivity index (χ4v) is 3.72. The van der Waals surface area contributed by atoms with Crippen LogP contribution in [0, 0.1) is 5.92 Å². The monoisotopic (exact) mass is 382 g/mol. The molecule has 2 aromatic rings. The summed E-state index contributed by atoms with van der Waals surface area (Å²) in [6, 6.07) is 10.3. The van der Waals surface area contributed by atoms with E-state index in [0.29, 0.717) is 23.4 Å². The molecule has 28 heavy (non-hydrogen) atoms. The van der Waals surface area contributed by atoms with Gasteiger partial charge in [0.05, 0.1) is 7.11 Å². The van der Waals surface area contributed by atoms with E-state index in [2.05, 4.69) is 10.3 Å². The van der Waals surface area contributed by atoms with Crippen molar-refractivity contribution < 1.29 is 14.3 Å². The maximum absolute atomic E-state index is 13.6. The van der Waals surface area contributed by atoms with Crippen LogP contribution in [0.4, 0.5) is 4.79 Å². The Morgan fingerprint density at radius 3 is 2.46 bits per heavy atom. The summed E-state index contributed by atoms with van der Waals surface area (Å²) in [7, 11) is 5.53. The molecule has 7 nitrogen and oxygen atoms in total. The van der Waals surface area contributed by atoms with Gasteiger partial charge in [0.2, 0.25) is 0 Å². The Labute approximate surface area is 165 Å². The number of pyridine rings is 1. The zero-order valence-corrected chi connectivity index (χ0v) is 16.7. The van der Waals surface area contributed by atoms with E-state index in [0.717, 1.165) is 6.54 Å². The van der Waals surface area contributed by atoms with Crippen LogP contribution in [0.5, 0.6) is 5.75 Å². The topological polar surface area (TPSA) is 74.8 Å². The van der Waals surface area contributed by atoms with Crippen molar-refractivity contribution >= 4 is 11.9 Å². The van der Waals surface area contributed by atoms with Crippen molar-refractivity contribution in [3.05, 3.63) is 59.9 Å². The molecule has 1 aromatic heterocycles. The van der Waals surface area contributed by atoms with E-state index in [4.69, 9.17) is 4.74 Å². The number of imide groups is 1. The smallest absolute Gasteiger partial charge is 0.325 e. The lowest BCUT2D eigenvalue weighted by atomic mass is 9.83. The molecular weight excluding hydrogens is 356 g/mol. The highest BCUT2D eigenvalue weighted by molar-refractivity contribution is 6.09. The van der Waals surface area contributed by atoms with E-state index in [1.165, 1.54) is 4.90 Å². The van der Waals surface area contributed by atoms with Crippen LogP contribution in [0.1, 0.15) is 18.1 Å². The lowest BCUT2D eigenvalue weighted by Crippen LogP contribution is -2.45. The fourth-order valence-electron chi connectivity index (χ4n) is 3.72. The first kappa shape index (κ1) is 19.8. The molecule has 1 aliphatic rings. The van der Waals surface area contributed by atoms with Gasteiger partial charge in [-0.1, -0.05) is 25.1 Å². The minimum Gasteiger partial charge on any atom is -0.497 e. The molecule has 0 bridgehead atoms. The van der Waals surface area contributed by atoms with Crippen LogP contribution in [0.3, 0.4) is 0 Å². The number of benzene rings is 1. The van der Waals surface area contributed by atoms with Crippen molar-refractivity contribution in [1.29, 1.82) is 0 Å². The summed E-state index contributed by atoms with van der Waals surface area (Å²) in [5.74, 6) is 0.532. The number of carbonyl (C=O) groups is 2. The minimum atomic E-state index is -1.30. The minimum absolute atomic E-state index is 0.144. The normalized spacial score (nSPS) is 20.4. The molecule has 0 radical (unpaired) electrons. The molecular formula is C21H26N4O3. The number of carbonyl (C=O) groups excluding carboxylic acids is 2. The number of hydrogen-bond donors (Lipinski definition) is 1. The number of ether oxygens (including phenoxy) is 1. The Morgan fingerprint density at radius 1 is 1.18 bits per heavy atom. The Morgan fingerprint density at radius 2 is 1.89 bits per heavy atom. The Bertz CT molecular complexity index is 838. The number of amides is 3. The highest BCUT2D eigenvalue weighted by Crippen LogP contribution is 2.36. The van der Waals surface area contributed by atoms with Crippen LogP contribution < -0.4 is 10.1 Å². The largest absolute Gasteiger partial charge is 0.497 e. The van der Waals surface area contributed by atoms with E-state index in [-0.39, 0.29) is 11.8 Å². The third-order valence-corrected chi connectivity index (χ3v) is 4.89. The molecule has 1 aliphatic heterocycles. The number of rotatable bonds is 7. The van der Waals surface area contributed by atoms with Crippen LogP contribution in [0.2, 0.25) is 0 Å². The van der Waals surface area contributed by atoms with Gasteiger partial charge in [-0.3, -0.25) is 14.7 Å². The summed E-state index contributed by atoms with van der Waals surface area (Å²) in [4.78, 5) is 33.9. The summed E-state index contributed by atoms with van der Waals surface area (Å²) in [6.07, 6.45) is 3.26. The summed E-state index contributed by atoms with van der Waals surface area (Å²) in [5, 5.41) is 2.94. The van der Waals surface area contributed by atoms with Crippen molar-refractivity contribution in [2.45, 2.75) is 12.5 Å². The maximum Gasteiger partial charge on any atom is 0.325 e. The van der Waals surface area contributed by atoms with Gasteiger partial charge in [-0.25, -0.2) is 4.79 Å². The number of aromatic nitrogens is 1. The third-order valence-electron chi connectivity index (χ3n) is 4.89. The van der Waals surface area contributed by atoms with Gasteiger partial charge in [-0.05, 0) is 43.8 Å². The first-order valence-corrected chi connectivity index (χ1v) is 9.22. The molecule has 0 spiro atoms.